The van der Waals surface area contributed by atoms with Crippen molar-refractivity contribution in [3.05, 3.63) is 64.4 Å². The zero-order valence-electron chi connectivity index (χ0n) is 16.7. The quantitative estimate of drug-likeness (QED) is 0.672. The molecule has 0 aromatic heterocycles. The molecule has 0 spiro atoms. The molecule has 0 aliphatic heterocycles. The van der Waals surface area contributed by atoms with Gasteiger partial charge >= 0.3 is 0 Å². The zero-order chi connectivity index (χ0) is 20.6. The molecule has 3 rings (SSSR count). The fourth-order valence-electron chi connectivity index (χ4n) is 3.83. The number of benzene rings is 2. The lowest BCUT2D eigenvalue weighted by atomic mass is 9.91. The summed E-state index contributed by atoms with van der Waals surface area (Å²) in [6.07, 6.45) is 5.12. The van der Waals surface area contributed by atoms with Crippen molar-refractivity contribution in [2.75, 3.05) is 13.7 Å². The van der Waals surface area contributed by atoms with Gasteiger partial charge in [0.2, 0.25) is 5.91 Å². The van der Waals surface area contributed by atoms with Crippen LogP contribution in [0.4, 0.5) is 4.39 Å². The molecule has 0 saturated heterocycles. The first-order chi connectivity index (χ1) is 14.0. The van der Waals surface area contributed by atoms with E-state index in [-0.39, 0.29) is 18.4 Å². The second-order valence-corrected chi connectivity index (χ2v) is 8.06. The fraction of sp³-hybridized carbons (Fsp3) is 0.435. The molecule has 1 aliphatic carbocycles. The molecule has 156 valence electrons. The maximum Gasteiger partial charge on any atom is 0.224 e. The van der Waals surface area contributed by atoms with Crippen LogP contribution in [-0.4, -0.2) is 31.6 Å². The number of hydrogen-bond donors (Lipinski definition) is 2. The van der Waals surface area contributed by atoms with Crippen LogP contribution in [0.2, 0.25) is 5.02 Å². The number of amides is 1. The number of halogens is 2. The van der Waals surface area contributed by atoms with E-state index in [2.05, 4.69) is 22.8 Å². The molecule has 2 aromatic rings. The topological polar surface area (TPSA) is 50.4 Å². The molecule has 1 saturated carbocycles. The molecule has 0 radical (unpaired) electrons. The predicted octanol–water partition coefficient (Wildman–Crippen LogP) is 4.29. The Bertz CT molecular complexity index is 785. The van der Waals surface area contributed by atoms with Crippen LogP contribution in [0, 0.1) is 5.82 Å². The first kappa shape index (κ1) is 21.6. The summed E-state index contributed by atoms with van der Waals surface area (Å²) in [5.74, 6) is 0.381. The van der Waals surface area contributed by atoms with Crippen LogP contribution in [0.15, 0.2) is 42.5 Å². The summed E-state index contributed by atoms with van der Waals surface area (Å²) in [6, 6.07) is 13.1. The van der Waals surface area contributed by atoms with Crippen molar-refractivity contribution in [3.8, 4) is 5.75 Å². The average Bonchev–Trinajstić information content (AvgIpc) is 2.69. The van der Waals surface area contributed by atoms with Crippen molar-refractivity contribution in [1.82, 2.24) is 10.6 Å². The van der Waals surface area contributed by atoms with Gasteiger partial charge in [-0.1, -0.05) is 23.7 Å². The number of methoxy groups -OCH3 is 1. The molecule has 1 aliphatic rings. The Morgan fingerprint density at radius 1 is 1.07 bits per heavy atom. The monoisotopic (exact) mass is 418 g/mol. The normalized spacial score (nSPS) is 19.0. The highest BCUT2D eigenvalue weighted by Gasteiger charge is 2.22. The lowest BCUT2D eigenvalue weighted by Crippen LogP contribution is -2.43. The minimum Gasteiger partial charge on any atom is -0.497 e. The molecular formula is C23H28ClFN2O2. The van der Waals surface area contributed by atoms with Crippen LogP contribution in [0.1, 0.15) is 36.8 Å². The van der Waals surface area contributed by atoms with Gasteiger partial charge in [-0.25, -0.2) is 4.39 Å². The second kappa shape index (κ2) is 10.6. The molecule has 0 unspecified atom stereocenters. The van der Waals surface area contributed by atoms with E-state index in [0.717, 1.165) is 44.4 Å². The molecule has 0 atom stereocenters. The Morgan fingerprint density at radius 3 is 2.41 bits per heavy atom. The smallest absolute Gasteiger partial charge is 0.224 e. The molecule has 1 fully saturated rings. The minimum atomic E-state index is -0.415. The van der Waals surface area contributed by atoms with Gasteiger partial charge in [0.15, 0.2) is 0 Å². The van der Waals surface area contributed by atoms with Gasteiger partial charge < -0.3 is 15.4 Å². The summed E-state index contributed by atoms with van der Waals surface area (Å²) in [6.45, 7) is 0.939. The van der Waals surface area contributed by atoms with Crippen LogP contribution >= 0.6 is 11.6 Å². The van der Waals surface area contributed by atoms with Gasteiger partial charge in [0.25, 0.3) is 0 Å². The van der Waals surface area contributed by atoms with Crippen LogP contribution in [0.3, 0.4) is 0 Å². The Labute approximate surface area is 176 Å². The number of ether oxygens (including phenoxy) is 1. The standard InChI is InChI=1S/C23H28ClFN2O2/c1-29-22-8-2-16(3-9-22)10-11-26-20-4-6-21(7-5-20)27-23(28)14-17-12-18(24)15-19(25)13-17/h2-3,8-9,12-13,15,20-21,26H,4-7,10-11,14H2,1H3,(H,27,28)/t20-,21-. The molecule has 6 heteroatoms. The SMILES string of the molecule is COc1ccc(CCN[C@H]2CC[C@H](NC(=O)Cc3cc(F)cc(Cl)c3)CC2)cc1. The lowest BCUT2D eigenvalue weighted by molar-refractivity contribution is -0.121. The summed E-state index contributed by atoms with van der Waals surface area (Å²) in [4.78, 5) is 12.3. The summed E-state index contributed by atoms with van der Waals surface area (Å²) >= 11 is 5.85. The number of carbonyl (C=O) groups is 1. The molecule has 4 nitrogen and oxygen atoms in total. The third-order valence-electron chi connectivity index (χ3n) is 5.39. The molecule has 29 heavy (non-hydrogen) atoms. The number of rotatable bonds is 8. The summed E-state index contributed by atoms with van der Waals surface area (Å²) in [5, 5.41) is 7.01. The maximum absolute atomic E-state index is 13.4. The summed E-state index contributed by atoms with van der Waals surface area (Å²) in [7, 11) is 1.67. The largest absolute Gasteiger partial charge is 0.497 e. The third-order valence-corrected chi connectivity index (χ3v) is 5.60. The average molecular weight is 419 g/mol. The zero-order valence-corrected chi connectivity index (χ0v) is 17.5. The maximum atomic E-state index is 13.4. The van der Waals surface area contributed by atoms with Gasteiger partial charge in [-0.15, -0.1) is 0 Å². The Balaban J connectivity index is 1.34. The Hall–Kier alpha value is -2.11. The second-order valence-electron chi connectivity index (χ2n) is 7.62. The number of hydrogen-bond acceptors (Lipinski definition) is 3. The van der Waals surface area contributed by atoms with Crippen molar-refractivity contribution >= 4 is 17.5 Å². The third kappa shape index (κ3) is 7.02. The van der Waals surface area contributed by atoms with Crippen LogP contribution in [0.25, 0.3) is 0 Å². The first-order valence-corrected chi connectivity index (χ1v) is 10.5. The summed E-state index contributed by atoms with van der Waals surface area (Å²) in [5.41, 5.74) is 1.89. The molecule has 0 bridgehead atoms. The van der Waals surface area contributed by atoms with Crippen molar-refractivity contribution in [2.45, 2.75) is 50.6 Å². The molecule has 0 heterocycles. The van der Waals surface area contributed by atoms with Gasteiger partial charge in [-0.3, -0.25) is 4.79 Å². The molecule has 2 N–H and O–H groups in total. The highest BCUT2D eigenvalue weighted by atomic mass is 35.5. The predicted molar refractivity (Wildman–Crippen MR) is 114 cm³/mol. The Morgan fingerprint density at radius 2 is 1.76 bits per heavy atom. The van der Waals surface area contributed by atoms with Gasteiger partial charge in [-0.05, 0) is 80.1 Å². The van der Waals surface area contributed by atoms with E-state index in [0.29, 0.717) is 16.6 Å². The highest BCUT2D eigenvalue weighted by Crippen LogP contribution is 2.20. The van der Waals surface area contributed by atoms with Crippen molar-refractivity contribution < 1.29 is 13.9 Å². The van der Waals surface area contributed by atoms with Crippen molar-refractivity contribution in [1.29, 1.82) is 0 Å². The molecule has 2 aromatic carbocycles. The van der Waals surface area contributed by atoms with Crippen LogP contribution in [0.5, 0.6) is 5.75 Å². The van der Waals surface area contributed by atoms with E-state index in [1.807, 2.05) is 12.1 Å². The van der Waals surface area contributed by atoms with Crippen LogP contribution < -0.4 is 15.4 Å². The minimum absolute atomic E-state index is 0.0809. The van der Waals surface area contributed by atoms with E-state index < -0.39 is 5.82 Å². The van der Waals surface area contributed by atoms with E-state index in [4.69, 9.17) is 16.3 Å². The fourth-order valence-corrected chi connectivity index (χ4v) is 4.08. The molecule has 1 amide bonds. The highest BCUT2D eigenvalue weighted by molar-refractivity contribution is 6.30. The summed E-state index contributed by atoms with van der Waals surface area (Å²) < 4.78 is 18.6. The van der Waals surface area contributed by atoms with Crippen molar-refractivity contribution in [3.63, 3.8) is 0 Å². The van der Waals surface area contributed by atoms with Gasteiger partial charge in [0, 0.05) is 17.1 Å². The van der Waals surface area contributed by atoms with E-state index >= 15 is 0 Å². The lowest BCUT2D eigenvalue weighted by Gasteiger charge is -2.30. The molecular weight excluding hydrogens is 391 g/mol. The van der Waals surface area contributed by atoms with E-state index in [1.165, 1.54) is 17.7 Å². The van der Waals surface area contributed by atoms with E-state index in [1.54, 1.807) is 13.2 Å². The van der Waals surface area contributed by atoms with Crippen LogP contribution in [-0.2, 0) is 17.6 Å². The van der Waals surface area contributed by atoms with Gasteiger partial charge in [0.1, 0.15) is 11.6 Å². The van der Waals surface area contributed by atoms with E-state index in [9.17, 15) is 9.18 Å². The van der Waals surface area contributed by atoms with Gasteiger partial charge in [-0.2, -0.15) is 0 Å². The van der Waals surface area contributed by atoms with Crippen molar-refractivity contribution in [2.24, 2.45) is 0 Å². The van der Waals surface area contributed by atoms with Gasteiger partial charge in [0.05, 0.1) is 13.5 Å². The number of nitrogens with one attached hydrogen (secondary N) is 2. The first-order valence-electron chi connectivity index (χ1n) is 10.1. The number of carbonyl (C=O) groups excluding carboxylic acids is 1. The Kier molecular flexibility index (Phi) is 7.90.